The first-order chi connectivity index (χ1) is 14.3. The molecule has 1 amide bonds. The molecule has 1 fully saturated rings. The van der Waals surface area contributed by atoms with Gasteiger partial charge in [0.1, 0.15) is 0 Å². The van der Waals surface area contributed by atoms with Crippen LogP contribution in [0.15, 0.2) is 42.5 Å². The third-order valence-electron chi connectivity index (χ3n) is 6.63. The predicted octanol–water partition coefficient (Wildman–Crippen LogP) is 3.71. The van der Waals surface area contributed by atoms with E-state index in [1.807, 2.05) is 17.0 Å². The van der Waals surface area contributed by atoms with E-state index in [2.05, 4.69) is 35.2 Å². The van der Waals surface area contributed by atoms with Gasteiger partial charge in [-0.2, -0.15) is 4.89 Å². The molecule has 2 heterocycles. The van der Waals surface area contributed by atoms with Crippen molar-refractivity contribution in [2.24, 2.45) is 0 Å². The Morgan fingerprint density at radius 2 is 1.86 bits per heavy atom. The zero-order chi connectivity index (χ0) is 19.6. The van der Waals surface area contributed by atoms with Crippen molar-refractivity contribution in [3.63, 3.8) is 0 Å². The summed E-state index contributed by atoms with van der Waals surface area (Å²) in [5.74, 6) is 1.68. The smallest absolute Gasteiger partial charge is 0.222 e. The van der Waals surface area contributed by atoms with E-state index in [9.17, 15) is 4.79 Å². The quantitative estimate of drug-likeness (QED) is 0.744. The molecule has 1 atom stereocenters. The lowest BCUT2D eigenvalue weighted by Crippen LogP contribution is -2.49. The number of fused-ring (bicyclic) bond motifs is 2. The number of rotatable bonds is 4. The average Bonchev–Trinajstić information content (AvgIpc) is 3.20. The Morgan fingerprint density at radius 3 is 2.76 bits per heavy atom. The van der Waals surface area contributed by atoms with Crippen LogP contribution < -0.4 is 9.79 Å². The fourth-order valence-corrected chi connectivity index (χ4v) is 5.03. The molecule has 0 bridgehead atoms. The molecular weight excluding hydrogens is 364 g/mol. The van der Waals surface area contributed by atoms with Gasteiger partial charge in [0, 0.05) is 50.3 Å². The molecule has 1 aliphatic carbocycles. The highest BCUT2D eigenvalue weighted by Gasteiger charge is 2.27. The molecule has 0 radical (unpaired) electrons. The predicted molar refractivity (Wildman–Crippen MR) is 112 cm³/mol. The van der Waals surface area contributed by atoms with Crippen molar-refractivity contribution in [2.75, 3.05) is 37.7 Å². The van der Waals surface area contributed by atoms with Crippen LogP contribution in [0.1, 0.15) is 41.9 Å². The number of amides is 1. The van der Waals surface area contributed by atoms with Crippen LogP contribution in [0.2, 0.25) is 0 Å². The van der Waals surface area contributed by atoms with Gasteiger partial charge in [0.05, 0.1) is 6.61 Å². The molecule has 2 aliphatic heterocycles. The largest absolute Gasteiger partial charge is 0.368 e. The second-order valence-corrected chi connectivity index (χ2v) is 8.25. The molecule has 0 N–H and O–H groups in total. The van der Waals surface area contributed by atoms with E-state index >= 15 is 0 Å². The Morgan fingerprint density at radius 1 is 1.00 bits per heavy atom. The number of carbonyl (C=O) groups excluding carboxylic acids is 1. The normalized spacial score (nSPS) is 20.8. The topological polar surface area (TPSA) is 42.0 Å². The first-order valence-electron chi connectivity index (χ1n) is 10.8. The van der Waals surface area contributed by atoms with Crippen LogP contribution in [0, 0.1) is 0 Å². The molecule has 5 rings (SSSR count). The molecule has 5 heteroatoms. The van der Waals surface area contributed by atoms with E-state index in [1.54, 1.807) is 0 Å². The van der Waals surface area contributed by atoms with Crippen LogP contribution in [0.3, 0.4) is 0 Å². The molecule has 2 aromatic rings. The lowest BCUT2D eigenvalue weighted by atomic mass is 9.96. The number of hydrogen-bond acceptors (Lipinski definition) is 4. The van der Waals surface area contributed by atoms with Crippen LogP contribution >= 0.6 is 0 Å². The third kappa shape index (κ3) is 3.71. The molecule has 5 nitrogen and oxygen atoms in total. The molecular formula is C24H28N2O3. The van der Waals surface area contributed by atoms with E-state index in [4.69, 9.17) is 9.78 Å². The van der Waals surface area contributed by atoms with Gasteiger partial charge in [-0.15, -0.1) is 0 Å². The van der Waals surface area contributed by atoms with E-state index in [0.29, 0.717) is 24.9 Å². The van der Waals surface area contributed by atoms with Gasteiger partial charge in [-0.1, -0.05) is 30.3 Å². The van der Waals surface area contributed by atoms with Crippen molar-refractivity contribution in [1.82, 2.24) is 4.90 Å². The summed E-state index contributed by atoms with van der Waals surface area (Å²) in [5, 5.41) is 0. The first kappa shape index (κ1) is 18.5. The Labute approximate surface area is 172 Å². The van der Waals surface area contributed by atoms with E-state index in [-0.39, 0.29) is 0 Å². The standard InChI is InChI=1S/C24H28N2O3/c27-24(11-10-19-9-8-18-4-1-2-5-20(18)19)26-15-13-25(14-16-26)22-6-3-7-23-21(22)12-17-28-29-23/h1-7,19H,8-17H2. The number of nitrogens with zero attached hydrogens (tertiary/aromatic N) is 2. The SMILES string of the molecule is O=C(CCC1CCc2ccccc21)N1CCN(c2cccc3c2CCOO3)CC1. The minimum absolute atomic E-state index is 0.306. The number of benzene rings is 2. The van der Waals surface area contributed by atoms with E-state index < -0.39 is 0 Å². The molecule has 152 valence electrons. The molecule has 1 unspecified atom stereocenters. The van der Waals surface area contributed by atoms with Crippen LogP contribution in [-0.2, 0) is 22.5 Å². The minimum atomic E-state index is 0.306. The fraction of sp³-hybridized carbons (Fsp3) is 0.458. The summed E-state index contributed by atoms with van der Waals surface area (Å²) in [6, 6.07) is 14.8. The maximum absolute atomic E-state index is 12.8. The Bertz CT molecular complexity index is 889. The maximum Gasteiger partial charge on any atom is 0.222 e. The Hall–Kier alpha value is -2.53. The van der Waals surface area contributed by atoms with Gasteiger partial charge >= 0.3 is 0 Å². The molecule has 0 spiro atoms. The van der Waals surface area contributed by atoms with Crippen molar-refractivity contribution >= 4 is 11.6 Å². The molecule has 2 aromatic carbocycles. The molecule has 29 heavy (non-hydrogen) atoms. The molecule has 0 aromatic heterocycles. The van der Waals surface area contributed by atoms with Gasteiger partial charge < -0.3 is 14.7 Å². The van der Waals surface area contributed by atoms with E-state index in [1.165, 1.54) is 28.8 Å². The molecule has 0 saturated carbocycles. The highest BCUT2D eigenvalue weighted by atomic mass is 17.2. The fourth-order valence-electron chi connectivity index (χ4n) is 5.03. The zero-order valence-corrected chi connectivity index (χ0v) is 16.8. The van der Waals surface area contributed by atoms with Gasteiger partial charge in [0.15, 0.2) is 5.75 Å². The number of anilines is 1. The number of carbonyl (C=O) groups is 1. The second kappa shape index (κ2) is 8.07. The number of aryl methyl sites for hydroxylation is 1. The van der Waals surface area contributed by atoms with Crippen molar-refractivity contribution in [1.29, 1.82) is 0 Å². The van der Waals surface area contributed by atoms with Crippen molar-refractivity contribution in [2.45, 2.75) is 38.0 Å². The lowest BCUT2D eigenvalue weighted by Gasteiger charge is -2.37. The average molecular weight is 392 g/mol. The summed E-state index contributed by atoms with van der Waals surface area (Å²) >= 11 is 0. The van der Waals surface area contributed by atoms with Gasteiger partial charge in [-0.25, -0.2) is 0 Å². The van der Waals surface area contributed by atoms with Crippen LogP contribution in [-0.4, -0.2) is 43.6 Å². The minimum Gasteiger partial charge on any atom is -0.368 e. The summed E-state index contributed by atoms with van der Waals surface area (Å²) in [5.41, 5.74) is 5.38. The van der Waals surface area contributed by atoms with Gasteiger partial charge in [-0.3, -0.25) is 4.79 Å². The van der Waals surface area contributed by atoms with Crippen LogP contribution in [0.4, 0.5) is 5.69 Å². The van der Waals surface area contributed by atoms with E-state index in [0.717, 1.165) is 51.2 Å². The summed E-state index contributed by atoms with van der Waals surface area (Å²) < 4.78 is 0. The summed E-state index contributed by atoms with van der Waals surface area (Å²) in [6.07, 6.45) is 4.84. The second-order valence-electron chi connectivity index (χ2n) is 8.25. The van der Waals surface area contributed by atoms with Crippen molar-refractivity contribution in [3.8, 4) is 5.75 Å². The maximum atomic E-state index is 12.8. The molecule has 1 saturated heterocycles. The first-order valence-corrected chi connectivity index (χ1v) is 10.8. The highest BCUT2D eigenvalue weighted by Crippen LogP contribution is 2.36. The van der Waals surface area contributed by atoms with Gasteiger partial charge in [0.25, 0.3) is 0 Å². The number of piperazine rings is 1. The Balaban J connectivity index is 1.16. The monoisotopic (exact) mass is 392 g/mol. The summed E-state index contributed by atoms with van der Waals surface area (Å²) in [6.45, 7) is 3.92. The third-order valence-corrected chi connectivity index (χ3v) is 6.63. The Kier molecular flexibility index (Phi) is 5.15. The molecule has 3 aliphatic rings. The van der Waals surface area contributed by atoms with Crippen LogP contribution in [0.5, 0.6) is 5.75 Å². The summed E-state index contributed by atoms with van der Waals surface area (Å²) in [4.78, 5) is 27.7. The van der Waals surface area contributed by atoms with Crippen LogP contribution in [0.25, 0.3) is 0 Å². The zero-order valence-electron chi connectivity index (χ0n) is 16.8. The van der Waals surface area contributed by atoms with Crippen molar-refractivity contribution < 1.29 is 14.6 Å². The van der Waals surface area contributed by atoms with Crippen molar-refractivity contribution in [3.05, 3.63) is 59.2 Å². The summed E-state index contributed by atoms with van der Waals surface area (Å²) in [7, 11) is 0. The van der Waals surface area contributed by atoms with Gasteiger partial charge in [0.2, 0.25) is 5.91 Å². The lowest BCUT2D eigenvalue weighted by molar-refractivity contribution is -0.215. The highest BCUT2D eigenvalue weighted by molar-refractivity contribution is 5.76. The number of hydrogen-bond donors (Lipinski definition) is 0. The van der Waals surface area contributed by atoms with Gasteiger partial charge in [-0.05, 0) is 48.4 Å².